The molecule has 28 heavy (non-hydrogen) atoms. The van der Waals surface area contributed by atoms with Crippen LogP contribution in [-0.4, -0.2) is 49.7 Å². The van der Waals surface area contributed by atoms with Crippen LogP contribution in [0.15, 0.2) is 0 Å². The average molecular weight is 395 g/mol. The Labute approximate surface area is 169 Å². The maximum atomic E-state index is 11.9. The van der Waals surface area contributed by atoms with E-state index in [1.54, 1.807) is 0 Å². The topological polar surface area (TPSA) is 54.0 Å². The number of methoxy groups -OCH3 is 1. The molecule has 0 unspecified atom stereocenters. The predicted molar refractivity (Wildman–Crippen MR) is 106 cm³/mol. The van der Waals surface area contributed by atoms with Gasteiger partial charge in [0.25, 0.3) is 0 Å². The van der Waals surface area contributed by atoms with Gasteiger partial charge in [0.05, 0.1) is 30.5 Å². The summed E-state index contributed by atoms with van der Waals surface area (Å²) in [6.07, 6.45) is 4.32. The second-order valence-corrected chi connectivity index (χ2v) is 10.3. The molecule has 1 aliphatic carbocycles. The summed E-state index contributed by atoms with van der Waals surface area (Å²) in [5.74, 6) is 2.30. The maximum absolute atomic E-state index is 11.9. The van der Waals surface area contributed by atoms with E-state index in [9.17, 15) is 4.79 Å². The third-order valence-electron chi connectivity index (χ3n) is 8.40. The third kappa shape index (κ3) is 3.31. The van der Waals surface area contributed by atoms with Gasteiger partial charge in [0.2, 0.25) is 0 Å². The van der Waals surface area contributed by atoms with Gasteiger partial charge in [-0.3, -0.25) is 4.79 Å². The number of carbonyl (C=O) groups is 1. The highest BCUT2D eigenvalue weighted by atomic mass is 16.6. The summed E-state index contributed by atoms with van der Waals surface area (Å²) in [5, 5.41) is 0. The molecule has 0 amide bonds. The van der Waals surface area contributed by atoms with Gasteiger partial charge in [0, 0.05) is 20.0 Å². The SMILES string of the molecule is CO[C@@H]1CC[C@]2(C)OC[C@H](C)[C@@H]3C[C@@H](C)[C@@H](OC(C)=O)[C@@H]4[C@H]3[C@@H]2O[C@H]4C[C@H]1C. The van der Waals surface area contributed by atoms with Crippen LogP contribution in [0.3, 0.4) is 0 Å². The van der Waals surface area contributed by atoms with Crippen molar-refractivity contribution >= 4 is 5.97 Å². The van der Waals surface area contributed by atoms with Crippen molar-refractivity contribution in [2.24, 2.45) is 35.5 Å². The van der Waals surface area contributed by atoms with E-state index in [1.807, 2.05) is 7.11 Å². The largest absolute Gasteiger partial charge is 0.462 e. The van der Waals surface area contributed by atoms with Crippen LogP contribution in [0.4, 0.5) is 0 Å². The summed E-state index contributed by atoms with van der Waals surface area (Å²) in [5.41, 5.74) is -0.303. The average Bonchev–Trinajstić information content (AvgIpc) is 2.99. The first-order chi connectivity index (χ1) is 13.2. The second kappa shape index (κ2) is 7.55. The van der Waals surface area contributed by atoms with Gasteiger partial charge in [-0.25, -0.2) is 0 Å². The molecule has 4 fully saturated rings. The number of esters is 1. The van der Waals surface area contributed by atoms with Gasteiger partial charge in [-0.1, -0.05) is 20.8 Å². The van der Waals surface area contributed by atoms with E-state index >= 15 is 0 Å². The highest BCUT2D eigenvalue weighted by Gasteiger charge is 2.63. The Balaban J connectivity index is 1.77. The zero-order chi connectivity index (χ0) is 20.2. The minimum atomic E-state index is -0.303. The molecule has 5 nitrogen and oxygen atoms in total. The van der Waals surface area contributed by atoms with Crippen molar-refractivity contribution in [3.05, 3.63) is 0 Å². The fourth-order valence-corrected chi connectivity index (χ4v) is 6.95. The van der Waals surface area contributed by atoms with Gasteiger partial charge in [0.15, 0.2) is 0 Å². The van der Waals surface area contributed by atoms with Crippen LogP contribution in [0.25, 0.3) is 0 Å². The van der Waals surface area contributed by atoms with Gasteiger partial charge in [-0.2, -0.15) is 0 Å². The monoisotopic (exact) mass is 394 g/mol. The first kappa shape index (κ1) is 20.6. The van der Waals surface area contributed by atoms with Crippen LogP contribution >= 0.6 is 0 Å². The summed E-state index contributed by atoms with van der Waals surface area (Å²) in [6, 6.07) is 0. The predicted octanol–water partition coefficient (Wildman–Crippen LogP) is 3.83. The Kier molecular flexibility index (Phi) is 5.56. The van der Waals surface area contributed by atoms with Crippen molar-refractivity contribution in [3.63, 3.8) is 0 Å². The van der Waals surface area contributed by atoms with Crippen molar-refractivity contribution in [2.75, 3.05) is 13.7 Å². The van der Waals surface area contributed by atoms with Crippen molar-refractivity contribution < 1.29 is 23.7 Å². The normalized spacial score (nSPS) is 53.5. The molecular weight excluding hydrogens is 356 g/mol. The molecule has 1 saturated carbocycles. The highest BCUT2D eigenvalue weighted by molar-refractivity contribution is 5.66. The smallest absolute Gasteiger partial charge is 0.302 e. The number of fused-ring (bicyclic) bond motifs is 2. The molecule has 0 spiro atoms. The van der Waals surface area contributed by atoms with Crippen LogP contribution in [0.1, 0.15) is 60.3 Å². The molecule has 0 radical (unpaired) electrons. The molecule has 160 valence electrons. The summed E-state index contributed by atoms with van der Waals surface area (Å²) in [4.78, 5) is 11.9. The molecule has 3 aliphatic heterocycles. The Bertz CT molecular complexity index is 594. The lowest BCUT2D eigenvalue weighted by molar-refractivity contribution is -0.160. The van der Waals surface area contributed by atoms with Crippen molar-refractivity contribution in [1.29, 1.82) is 0 Å². The fraction of sp³-hybridized carbons (Fsp3) is 0.957. The minimum Gasteiger partial charge on any atom is -0.462 e. The molecule has 4 aliphatic rings. The molecule has 0 aromatic carbocycles. The first-order valence-corrected chi connectivity index (χ1v) is 11.2. The van der Waals surface area contributed by atoms with E-state index in [0.29, 0.717) is 29.6 Å². The van der Waals surface area contributed by atoms with Crippen LogP contribution in [-0.2, 0) is 23.7 Å². The van der Waals surface area contributed by atoms with Gasteiger partial charge in [0.1, 0.15) is 6.10 Å². The lowest BCUT2D eigenvalue weighted by Crippen LogP contribution is -2.52. The lowest BCUT2D eigenvalue weighted by atomic mass is 9.59. The Hall–Kier alpha value is -0.650. The van der Waals surface area contributed by atoms with Gasteiger partial charge < -0.3 is 18.9 Å². The van der Waals surface area contributed by atoms with Crippen LogP contribution < -0.4 is 0 Å². The first-order valence-electron chi connectivity index (χ1n) is 11.2. The molecule has 3 heterocycles. The molecule has 0 N–H and O–H groups in total. The van der Waals surface area contributed by atoms with E-state index in [0.717, 1.165) is 32.3 Å². The lowest BCUT2D eigenvalue weighted by Gasteiger charge is -2.47. The quantitative estimate of drug-likeness (QED) is 0.666. The van der Waals surface area contributed by atoms with Crippen molar-refractivity contribution in [1.82, 2.24) is 0 Å². The molecule has 0 aromatic heterocycles. The third-order valence-corrected chi connectivity index (χ3v) is 8.40. The molecule has 0 aromatic rings. The van der Waals surface area contributed by atoms with Crippen LogP contribution in [0.5, 0.6) is 0 Å². The Morgan fingerprint density at radius 1 is 1.07 bits per heavy atom. The summed E-state index contributed by atoms with van der Waals surface area (Å²) in [6.45, 7) is 11.4. The van der Waals surface area contributed by atoms with E-state index in [1.165, 1.54) is 6.92 Å². The maximum Gasteiger partial charge on any atom is 0.302 e. The number of carbonyl (C=O) groups excluding carboxylic acids is 1. The van der Waals surface area contributed by atoms with E-state index in [-0.39, 0.29) is 41.9 Å². The zero-order valence-corrected chi connectivity index (χ0v) is 18.4. The van der Waals surface area contributed by atoms with Gasteiger partial charge in [-0.15, -0.1) is 0 Å². The highest BCUT2D eigenvalue weighted by Crippen LogP contribution is 2.57. The van der Waals surface area contributed by atoms with Crippen LogP contribution in [0, 0.1) is 35.5 Å². The van der Waals surface area contributed by atoms with Gasteiger partial charge in [-0.05, 0) is 62.2 Å². The van der Waals surface area contributed by atoms with E-state index in [2.05, 4.69) is 27.7 Å². The number of hydrogen-bond donors (Lipinski definition) is 0. The zero-order valence-electron chi connectivity index (χ0n) is 18.4. The molecular formula is C23H38O5. The number of ether oxygens (including phenoxy) is 4. The van der Waals surface area contributed by atoms with E-state index in [4.69, 9.17) is 18.9 Å². The van der Waals surface area contributed by atoms with Crippen molar-refractivity contribution in [2.45, 2.75) is 90.3 Å². The number of hydrogen-bond acceptors (Lipinski definition) is 5. The Morgan fingerprint density at radius 2 is 1.82 bits per heavy atom. The summed E-state index contributed by atoms with van der Waals surface area (Å²) < 4.78 is 25.3. The van der Waals surface area contributed by atoms with Gasteiger partial charge >= 0.3 is 5.97 Å². The van der Waals surface area contributed by atoms with E-state index < -0.39 is 0 Å². The van der Waals surface area contributed by atoms with Crippen molar-refractivity contribution in [3.8, 4) is 0 Å². The summed E-state index contributed by atoms with van der Waals surface area (Å²) >= 11 is 0. The molecule has 11 atom stereocenters. The van der Waals surface area contributed by atoms with Crippen LogP contribution in [0.2, 0.25) is 0 Å². The minimum absolute atomic E-state index is 0.0593. The standard InChI is InChI=1S/C23H38O5/c1-12-10-18-20-19-16(9-13(2)21(20)27-15(4)24)14(3)11-26-23(5,22(19)28-18)8-7-17(12)25-6/h12-14,16-22H,7-11H2,1-6H3/t12-,13-,14+,16+,17-,18+,19+,20+,21-,22+,23+/m1/s1. The molecule has 3 saturated heterocycles. The fourth-order valence-electron chi connectivity index (χ4n) is 6.95. The summed E-state index contributed by atoms with van der Waals surface area (Å²) in [7, 11) is 1.82. The molecule has 2 bridgehead atoms. The molecule has 4 rings (SSSR count). The Morgan fingerprint density at radius 3 is 2.50 bits per heavy atom. The second-order valence-electron chi connectivity index (χ2n) is 10.3. The molecule has 5 heteroatoms. The number of rotatable bonds is 2.